The summed E-state index contributed by atoms with van der Waals surface area (Å²) in [4.78, 5) is 10.5. The summed E-state index contributed by atoms with van der Waals surface area (Å²) in [6, 6.07) is 67.7. The van der Waals surface area contributed by atoms with Crippen molar-refractivity contribution in [2.45, 2.75) is 32.9 Å². The summed E-state index contributed by atoms with van der Waals surface area (Å²) in [5, 5.41) is 7.56. The molecule has 0 atom stereocenters. The van der Waals surface area contributed by atoms with E-state index >= 15 is 0 Å². The molecule has 1 aliphatic rings. The minimum Gasteiger partial charge on any atom is -0.244 e. The quantitative estimate of drug-likeness (QED) is 0.0862. The maximum atomic E-state index is 5.34. The van der Waals surface area contributed by atoms with Gasteiger partial charge in [0.1, 0.15) is 5.70 Å². The number of fused-ring (bicyclic) bond motifs is 8. The van der Waals surface area contributed by atoms with Gasteiger partial charge in [0.25, 0.3) is 0 Å². The van der Waals surface area contributed by atoms with Crippen molar-refractivity contribution in [3.8, 4) is 22.3 Å². The molecule has 0 N–H and O–H groups in total. The molecular formula is C57H39NS2. The molecular weight excluding hydrogens is 763 g/mol. The van der Waals surface area contributed by atoms with E-state index in [9.17, 15) is 0 Å². The van der Waals surface area contributed by atoms with E-state index in [1.54, 1.807) is 0 Å². The van der Waals surface area contributed by atoms with Gasteiger partial charge in [-0.3, -0.25) is 0 Å². The van der Waals surface area contributed by atoms with Crippen LogP contribution in [0.5, 0.6) is 0 Å². The van der Waals surface area contributed by atoms with Crippen LogP contribution in [-0.4, -0.2) is 5.71 Å². The highest BCUT2D eigenvalue weighted by molar-refractivity contribution is 8.05. The molecule has 60 heavy (non-hydrogen) atoms. The van der Waals surface area contributed by atoms with Gasteiger partial charge >= 0.3 is 0 Å². The second-order valence-electron chi connectivity index (χ2n) is 14.9. The van der Waals surface area contributed by atoms with Crippen LogP contribution in [0, 0.1) is 0 Å². The molecule has 284 valence electrons. The average Bonchev–Trinajstić information content (AvgIpc) is 3.32. The molecule has 0 saturated heterocycles. The van der Waals surface area contributed by atoms with E-state index in [1.165, 1.54) is 51.9 Å². The van der Waals surface area contributed by atoms with E-state index < -0.39 is 0 Å². The van der Waals surface area contributed by atoms with E-state index in [0.29, 0.717) is 6.42 Å². The van der Waals surface area contributed by atoms with Gasteiger partial charge < -0.3 is 0 Å². The Balaban J connectivity index is 1.17. The second-order valence-corrected chi connectivity index (χ2v) is 17.1. The summed E-state index contributed by atoms with van der Waals surface area (Å²) >= 11 is 3.69. The molecule has 1 aliphatic heterocycles. The number of benzene rings is 9. The van der Waals surface area contributed by atoms with Gasteiger partial charge in [-0.15, -0.1) is 5.73 Å². The SMILES string of the molecule is C=C=C(CC=C=C(N=C(C)c1ccccc1)c1cc(-c2ccc3c(c2)Sc2ccccc2S3)cc(-c2ccc3c4ccccc4c4ccccc4c3c2)c1)c1ccccc1. The predicted octanol–water partition coefficient (Wildman–Crippen LogP) is 16.4. The Morgan fingerprint density at radius 1 is 0.467 bits per heavy atom. The summed E-state index contributed by atoms with van der Waals surface area (Å²) in [6.07, 6.45) is 2.69. The molecule has 9 aromatic rings. The topological polar surface area (TPSA) is 12.4 Å². The zero-order chi connectivity index (χ0) is 40.4. The van der Waals surface area contributed by atoms with Gasteiger partial charge in [-0.2, -0.15) is 0 Å². The fourth-order valence-corrected chi connectivity index (χ4v) is 10.4. The van der Waals surface area contributed by atoms with Gasteiger partial charge in [0.2, 0.25) is 0 Å². The Bertz CT molecular complexity index is 3240. The lowest BCUT2D eigenvalue weighted by atomic mass is 9.90. The Morgan fingerprint density at radius 3 is 1.60 bits per heavy atom. The molecule has 0 aromatic heterocycles. The summed E-state index contributed by atoms with van der Waals surface area (Å²) in [5.41, 5.74) is 17.3. The van der Waals surface area contributed by atoms with Crippen molar-refractivity contribution in [2.24, 2.45) is 4.99 Å². The summed E-state index contributed by atoms with van der Waals surface area (Å²) < 4.78 is 0. The third-order valence-corrected chi connectivity index (χ3v) is 13.7. The van der Waals surface area contributed by atoms with Gasteiger partial charge in [0, 0.05) is 42.9 Å². The first kappa shape index (κ1) is 37.4. The minimum atomic E-state index is 0.621. The van der Waals surface area contributed by atoms with Crippen LogP contribution >= 0.6 is 23.5 Å². The maximum Gasteiger partial charge on any atom is 0.112 e. The lowest BCUT2D eigenvalue weighted by molar-refractivity contribution is 1.16. The van der Waals surface area contributed by atoms with Crippen LogP contribution in [0.1, 0.15) is 30.0 Å². The third-order valence-electron chi connectivity index (χ3n) is 11.2. The largest absolute Gasteiger partial charge is 0.244 e. The smallest absolute Gasteiger partial charge is 0.112 e. The minimum absolute atomic E-state index is 0.621. The zero-order valence-corrected chi connectivity index (χ0v) is 34.8. The molecule has 0 radical (unpaired) electrons. The van der Waals surface area contributed by atoms with Gasteiger partial charge in [-0.25, -0.2) is 4.99 Å². The van der Waals surface area contributed by atoms with Crippen molar-refractivity contribution in [3.63, 3.8) is 0 Å². The number of nitrogens with zero attached hydrogens (tertiary/aromatic N) is 1. The van der Waals surface area contributed by atoms with Crippen molar-refractivity contribution in [2.75, 3.05) is 0 Å². The molecule has 10 rings (SSSR count). The monoisotopic (exact) mass is 801 g/mol. The summed E-state index contributed by atoms with van der Waals surface area (Å²) in [6.45, 7) is 6.10. The normalized spacial score (nSPS) is 12.1. The number of allylic oxidation sites excluding steroid dienone is 2. The fraction of sp³-hybridized carbons (Fsp3) is 0.0351. The number of rotatable bonds is 8. The average molecular weight is 802 g/mol. The van der Waals surface area contributed by atoms with Crippen LogP contribution in [0.2, 0.25) is 0 Å². The second kappa shape index (κ2) is 16.4. The summed E-state index contributed by atoms with van der Waals surface area (Å²) in [7, 11) is 0. The molecule has 0 fully saturated rings. The first-order chi connectivity index (χ1) is 29.6. The lowest BCUT2D eigenvalue weighted by Gasteiger charge is -2.19. The van der Waals surface area contributed by atoms with Crippen molar-refractivity contribution in [1.82, 2.24) is 0 Å². The standard InChI is InChI=1S/C57H39NS2/c1-3-39(41-19-8-5-9-20-41)21-16-26-53(58-38(2)40-17-6-4-7-18-40)46-34-44(33-45(35-46)43-30-32-56-57(37-43)60-55-28-15-14-27-54(55)59-56)42-29-31-51-49-24-11-10-22-47(49)48-23-12-13-25-50(48)52(51)36-42/h4-20,22-25,27-37H,1,21H2,2H3. The number of aliphatic imine (C=N–C) groups is 1. The Kier molecular flexibility index (Phi) is 10.3. The molecule has 3 heteroatoms. The molecule has 9 aromatic carbocycles. The van der Waals surface area contributed by atoms with Crippen molar-refractivity contribution < 1.29 is 0 Å². The third kappa shape index (κ3) is 7.37. The lowest BCUT2D eigenvalue weighted by Crippen LogP contribution is -1.96. The summed E-state index contributed by atoms with van der Waals surface area (Å²) in [5.74, 6) is 0. The van der Waals surface area contributed by atoms with E-state index in [4.69, 9.17) is 4.99 Å². The predicted molar refractivity (Wildman–Crippen MR) is 258 cm³/mol. The maximum absolute atomic E-state index is 5.34. The van der Waals surface area contributed by atoms with Crippen LogP contribution in [0.15, 0.2) is 237 Å². The Labute approximate surface area is 359 Å². The van der Waals surface area contributed by atoms with E-state index in [1.807, 2.05) is 47.8 Å². The number of hydrogen-bond donors (Lipinski definition) is 0. The highest BCUT2D eigenvalue weighted by Gasteiger charge is 2.19. The highest BCUT2D eigenvalue weighted by atomic mass is 32.2. The van der Waals surface area contributed by atoms with Crippen LogP contribution in [-0.2, 0) is 0 Å². The van der Waals surface area contributed by atoms with Crippen molar-refractivity contribution in [3.05, 3.63) is 229 Å². The van der Waals surface area contributed by atoms with Gasteiger partial charge in [0.15, 0.2) is 0 Å². The first-order valence-corrected chi connectivity index (χ1v) is 21.8. The van der Waals surface area contributed by atoms with E-state index in [0.717, 1.165) is 55.9 Å². The zero-order valence-electron chi connectivity index (χ0n) is 33.2. The van der Waals surface area contributed by atoms with Crippen LogP contribution in [0.3, 0.4) is 0 Å². The number of hydrogen-bond acceptors (Lipinski definition) is 3. The molecule has 1 heterocycles. The van der Waals surface area contributed by atoms with E-state index in [2.05, 4.69) is 195 Å². The molecule has 0 saturated carbocycles. The van der Waals surface area contributed by atoms with Gasteiger partial charge in [0.05, 0.1) is 0 Å². The van der Waals surface area contributed by atoms with Crippen molar-refractivity contribution in [1.29, 1.82) is 0 Å². The molecule has 0 unspecified atom stereocenters. The van der Waals surface area contributed by atoms with Crippen molar-refractivity contribution >= 4 is 72.8 Å². The fourth-order valence-electron chi connectivity index (χ4n) is 8.17. The van der Waals surface area contributed by atoms with Gasteiger partial charge in [-0.05, 0) is 127 Å². The molecule has 1 nitrogen and oxygen atoms in total. The molecule has 0 bridgehead atoms. The Morgan fingerprint density at radius 2 is 0.967 bits per heavy atom. The molecule has 0 spiro atoms. The molecule has 0 aliphatic carbocycles. The van der Waals surface area contributed by atoms with Crippen LogP contribution in [0.25, 0.3) is 65.8 Å². The van der Waals surface area contributed by atoms with Crippen LogP contribution < -0.4 is 0 Å². The first-order valence-electron chi connectivity index (χ1n) is 20.2. The molecule has 0 amide bonds. The highest BCUT2D eigenvalue weighted by Crippen LogP contribution is 2.49. The van der Waals surface area contributed by atoms with Gasteiger partial charge in [-0.1, -0.05) is 175 Å². The Hall–Kier alpha value is -6.83. The van der Waals surface area contributed by atoms with Crippen LogP contribution in [0.4, 0.5) is 0 Å². The van der Waals surface area contributed by atoms with E-state index in [-0.39, 0.29) is 0 Å².